The maximum Gasteiger partial charge on any atom is 0.123 e. The van der Waals surface area contributed by atoms with Crippen LogP contribution in [-0.2, 0) is 10.8 Å². The number of aromatic hydroxyl groups is 1. The molecule has 0 saturated carbocycles. The summed E-state index contributed by atoms with van der Waals surface area (Å²) in [7, 11) is 0. The molecule has 0 radical (unpaired) electrons. The van der Waals surface area contributed by atoms with E-state index in [1.807, 2.05) is 0 Å². The highest BCUT2D eigenvalue weighted by atomic mass is 16.3. The summed E-state index contributed by atoms with van der Waals surface area (Å²) < 4.78 is 0. The van der Waals surface area contributed by atoms with Crippen molar-refractivity contribution in [3.8, 4) is 16.9 Å². The normalized spacial score (nSPS) is 12.5. The fourth-order valence-electron chi connectivity index (χ4n) is 3.07. The summed E-state index contributed by atoms with van der Waals surface area (Å²) in [5.74, 6) is 0.443. The molecule has 0 aliphatic heterocycles. The smallest absolute Gasteiger partial charge is 0.123 e. The Labute approximate surface area is 141 Å². The molecule has 0 aromatic heterocycles. The van der Waals surface area contributed by atoms with Gasteiger partial charge in [-0.1, -0.05) is 65.3 Å². The van der Waals surface area contributed by atoms with Crippen LogP contribution in [0.4, 0.5) is 0 Å². The van der Waals surface area contributed by atoms with Gasteiger partial charge < -0.3 is 5.11 Å². The lowest BCUT2D eigenvalue weighted by Gasteiger charge is -2.28. The zero-order valence-electron chi connectivity index (χ0n) is 15.8. The van der Waals surface area contributed by atoms with Crippen molar-refractivity contribution in [1.29, 1.82) is 0 Å². The summed E-state index contributed by atoms with van der Waals surface area (Å²) in [6.07, 6.45) is 0. The maximum absolute atomic E-state index is 10.8. The first-order valence-electron chi connectivity index (χ1n) is 8.37. The molecule has 1 heteroatoms. The highest BCUT2D eigenvalue weighted by Crippen LogP contribution is 2.42. The molecule has 2 aromatic rings. The molecular formula is C22H30O. The number of hydrogen-bond acceptors (Lipinski definition) is 1. The molecule has 0 bridgehead atoms. The molecule has 0 fully saturated rings. The average Bonchev–Trinajstić information content (AvgIpc) is 2.36. The molecule has 124 valence electrons. The lowest BCUT2D eigenvalue weighted by molar-refractivity contribution is 0.423. The number of rotatable bonds is 1. The standard InChI is InChI=1S/C22H30O/c1-14-9-10-17(15(2)11-14)16-12-18(21(3,4)5)20(23)19(13-16)22(6,7)8/h9-13,23H,1-8H3. The number of hydrogen-bond donors (Lipinski definition) is 1. The van der Waals surface area contributed by atoms with Crippen LogP contribution in [0.3, 0.4) is 0 Å². The molecule has 0 unspecified atom stereocenters. The Morgan fingerprint density at radius 1 is 0.739 bits per heavy atom. The van der Waals surface area contributed by atoms with Crippen molar-refractivity contribution in [2.75, 3.05) is 0 Å². The lowest BCUT2D eigenvalue weighted by Crippen LogP contribution is -2.17. The van der Waals surface area contributed by atoms with Gasteiger partial charge in [0.2, 0.25) is 0 Å². The van der Waals surface area contributed by atoms with Gasteiger partial charge in [0, 0.05) is 11.1 Å². The van der Waals surface area contributed by atoms with Crippen LogP contribution in [0.15, 0.2) is 30.3 Å². The van der Waals surface area contributed by atoms with Crippen molar-refractivity contribution < 1.29 is 5.11 Å². The number of phenols is 1. The Morgan fingerprint density at radius 3 is 1.61 bits per heavy atom. The van der Waals surface area contributed by atoms with Crippen LogP contribution < -0.4 is 0 Å². The van der Waals surface area contributed by atoms with E-state index in [2.05, 4.69) is 85.7 Å². The predicted octanol–water partition coefficient (Wildman–Crippen LogP) is 6.27. The zero-order valence-corrected chi connectivity index (χ0v) is 15.8. The molecule has 23 heavy (non-hydrogen) atoms. The number of aryl methyl sites for hydroxylation is 2. The number of phenolic OH excluding ortho intramolecular Hbond substituents is 1. The largest absolute Gasteiger partial charge is 0.507 e. The predicted molar refractivity (Wildman–Crippen MR) is 100 cm³/mol. The molecule has 0 aliphatic carbocycles. The monoisotopic (exact) mass is 310 g/mol. The third-order valence-corrected chi connectivity index (χ3v) is 4.42. The van der Waals surface area contributed by atoms with E-state index in [0.717, 1.165) is 11.1 Å². The quantitative estimate of drug-likeness (QED) is 0.658. The van der Waals surface area contributed by atoms with Crippen LogP contribution in [0.2, 0.25) is 0 Å². The van der Waals surface area contributed by atoms with Gasteiger partial charge >= 0.3 is 0 Å². The van der Waals surface area contributed by atoms with Gasteiger partial charge in [0.25, 0.3) is 0 Å². The van der Waals surface area contributed by atoms with Crippen molar-refractivity contribution in [2.24, 2.45) is 0 Å². The van der Waals surface area contributed by atoms with Gasteiger partial charge in [-0.2, -0.15) is 0 Å². The summed E-state index contributed by atoms with van der Waals surface area (Å²) in [5.41, 5.74) is 6.81. The highest BCUT2D eigenvalue weighted by molar-refractivity contribution is 5.72. The molecule has 2 aromatic carbocycles. The molecule has 0 aliphatic rings. The van der Waals surface area contributed by atoms with Gasteiger partial charge in [0.1, 0.15) is 5.75 Å². The van der Waals surface area contributed by atoms with Crippen LogP contribution in [0, 0.1) is 13.8 Å². The molecule has 0 spiro atoms. The summed E-state index contributed by atoms with van der Waals surface area (Å²) in [5, 5.41) is 10.8. The van der Waals surface area contributed by atoms with E-state index in [-0.39, 0.29) is 10.8 Å². The minimum absolute atomic E-state index is 0.0985. The van der Waals surface area contributed by atoms with E-state index < -0.39 is 0 Å². The van der Waals surface area contributed by atoms with Crippen LogP contribution in [0.1, 0.15) is 63.8 Å². The minimum atomic E-state index is -0.0985. The SMILES string of the molecule is Cc1ccc(-c2cc(C(C)(C)C)c(O)c(C(C)(C)C)c2)c(C)c1. The van der Waals surface area contributed by atoms with Crippen molar-refractivity contribution in [1.82, 2.24) is 0 Å². The number of benzene rings is 2. The molecule has 1 nitrogen and oxygen atoms in total. The van der Waals surface area contributed by atoms with Gasteiger partial charge in [-0.25, -0.2) is 0 Å². The van der Waals surface area contributed by atoms with E-state index in [1.165, 1.54) is 22.3 Å². The van der Waals surface area contributed by atoms with Gasteiger partial charge in [-0.3, -0.25) is 0 Å². The van der Waals surface area contributed by atoms with Crippen molar-refractivity contribution in [3.05, 3.63) is 52.6 Å². The first-order valence-corrected chi connectivity index (χ1v) is 8.37. The second-order valence-corrected chi connectivity index (χ2v) is 8.74. The summed E-state index contributed by atoms with van der Waals surface area (Å²) in [4.78, 5) is 0. The lowest BCUT2D eigenvalue weighted by atomic mass is 9.77. The summed E-state index contributed by atoms with van der Waals surface area (Å²) in [6, 6.07) is 10.9. The molecule has 0 heterocycles. The van der Waals surface area contributed by atoms with Crippen LogP contribution in [0.25, 0.3) is 11.1 Å². The first kappa shape index (κ1) is 17.6. The van der Waals surface area contributed by atoms with E-state index in [1.54, 1.807) is 0 Å². The van der Waals surface area contributed by atoms with E-state index in [9.17, 15) is 5.11 Å². The molecular weight excluding hydrogens is 280 g/mol. The summed E-state index contributed by atoms with van der Waals surface area (Å²) >= 11 is 0. The average molecular weight is 310 g/mol. The maximum atomic E-state index is 10.8. The van der Waals surface area contributed by atoms with Crippen molar-refractivity contribution >= 4 is 0 Å². The first-order chi connectivity index (χ1) is 10.4. The third-order valence-electron chi connectivity index (χ3n) is 4.42. The van der Waals surface area contributed by atoms with Crippen molar-refractivity contribution in [3.63, 3.8) is 0 Å². The Hall–Kier alpha value is -1.76. The molecule has 2 rings (SSSR count). The zero-order chi connectivity index (χ0) is 17.6. The molecule has 0 amide bonds. The third kappa shape index (κ3) is 3.60. The van der Waals surface area contributed by atoms with Gasteiger partial charge in [-0.05, 0) is 53.5 Å². The topological polar surface area (TPSA) is 20.2 Å². The van der Waals surface area contributed by atoms with Crippen LogP contribution >= 0.6 is 0 Å². The van der Waals surface area contributed by atoms with Gasteiger partial charge in [0.05, 0.1) is 0 Å². The van der Waals surface area contributed by atoms with E-state index in [0.29, 0.717) is 5.75 Å². The molecule has 1 N–H and O–H groups in total. The fraction of sp³-hybridized carbons (Fsp3) is 0.455. The second kappa shape index (κ2) is 5.70. The van der Waals surface area contributed by atoms with Gasteiger partial charge in [0.15, 0.2) is 0 Å². The van der Waals surface area contributed by atoms with Crippen LogP contribution in [-0.4, -0.2) is 5.11 Å². The minimum Gasteiger partial charge on any atom is -0.507 e. The van der Waals surface area contributed by atoms with Crippen LogP contribution in [0.5, 0.6) is 5.75 Å². The Balaban J connectivity index is 2.79. The fourth-order valence-corrected chi connectivity index (χ4v) is 3.07. The molecule has 0 saturated heterocycles. The second-order valence-electron chi connectivity index (χ2n) is 8.74. The Bertz CT molecular complexity index is 690. The Kier molecular flexibility index (Phi) is 4.36. The highest BCUT2D eigenvalue weighted by Gasteiger charge is 2.26. The van der Waals surface area contributed by atoms with Gasteiger partial charge in [-0.15, -0.1) is 0 Å². The molecule has 0 atom stereocenters. The summed E-state index contributed by atoms with van der Waals surface area (Å²) in [6.45, 7) is 17.2. The van der Waals surface area contributed by atoms with E-state index >= 15 is 0 Å². The van der Waals surface area contributed by atoms with Crippen molar-refractivity contribution in [2.45, 2.75) is 66.2 Å². The Morgan fingerprint density at radius 2 is 1.22 bits per heavy atom. The van der Waals surface area contributed by atoms with E-state index in [4.69, 9.17) is 0 Å².